The first-order chi connectivity index (χ1) is 16.9. The molecule has 0 N–H and O–H groups in total. The number of amides is 1. The quantitative estimate of drug-likeness (QED) is 0.272. The number of fused-ring (bicyclic) bond motifs is 3. The van der Waals surface area contributed by atoms with Crippen molar-refractivity contribution in [2.75, 3.05) is 20.3 Å². The van der Waals surface area contributed by atoms with Crippen LogP contribution in [0.15, 0.2) is 61.2 Å². The molecular formula is C28H30N2O5. The summed E-state index contributed by atoms with van der Waals surface area (Å²) < 4.78 is 12.4. The van der Waals surface area contributed by atoms with Gasteiger partial charge in [-0.3, -0.25) is 14.4 Å². The summed E-state index contributed by atoms with van der Waals surface area (Å²) in [7, 11) is 3.37. The summed E-state index contributed by atoms with van der Waals surface area (Å²) >= 11 is 0. The van der Waals surface area contributed by atoms with Gasteiger partial charge in [0, 0.05) is 31.0 Å². The van der Waals surface area contributed by atoms with Gasteiger partial charge in [-0.15, -0.1) is 6.58 Å². The number of Topliss-reactive ketones (excluding diaryl/α,β-unsaturated/α-hetero) is 1. The summed E-state index contributed by atoms with van der Waals surface area (Å²) in [6.07, 6.45) is 2.30. The molecule has 4 rings (SSSR count). The Labute approximate surface area is 204 Å². The third-order valence-corrected chi connectivity index (χ3v) is 6.69. The van der Waals surface area contributed by atoms with E-state index in [0.717, 1.165) is 11.1 Å². The SMILES string of the molecule is C=CCCC1(C(=O)OCC)CN(Cc2ccc(OC)cc2)C(=O)c2c(c3ccccc3n2C)C1=O. The molecule has 7 heteroatoms. The second kappa shape index (κ2) is 9.78. The lowest BCUT2D eigenvalue weighted by molar-refractivity contribution is -0.153. The Kier molecular flexibility index (Phi) is 6.78. The molecule has 1 aliphatic heterocycles. The predicted octanol–water partition coefficient (Wildman–Crippen LogP) is 4.54. The number of rotatable bonds is 8. The van der Waals surface area contributed by atoms with E-state index in [2.05, 4.69) is 6.58 Å². The van der Waals surface area contributed by atoms with E-state index in [0.29, 0.717) is 17.6 Å². The minimum Gasteiger partial charge on any atom is -0.497 e. The normalized spacial score (nSPS) is 17.7. The molecule has 1 unspecified atom stereocenters. The van der Waals surface area contributed by atoms with Crippen molar-refractivity contribution in [3.8, 4) is 5.75 Å². The summed E-state index contributed by atoms with van der Waals surface area (Å²) in [5, 5.41) is 0.655. The molecule has 1 aromatic heterocycles. The number of hydrogen-bond acceptors (Lipinski definition) is 5. The van der Waals surface area contributed by atoms with Crippen LogP contribution >= 0.6 is 0 Å². The van der Waals surface area contributed by atoms with E-state index in [1.165, 1.54) is 0 Å². The highest BCUT2D eigenvalue weighted by Gasteiger charge is 2.53. The van der Waals surface area contributed by atoms with E-state index < -0.39 is 11.4 Å². The van der Waals surface area contributed by atoms with Gasteiger partial charge in [0.25, 0.3) is 5.91 Å². The number of allylic oxidation sites excluding steroid dienone is 1. The topological polar surface area (TPSA) is 77.8 Å². The fourth-order valence-corrected chi connectivity index (χ4v) is 4.88. The highest BCUT2D eigenvalue weighted by Crippen LogP contribution is 2.40. The molecule has 1 amide bonds. The largest absolute Gasteiger partial charge is 0.497 e. The zero-order valence-corrected chi connectivity index (χ0v) is 20.4. The van der Waals surface area contributed by atoms with Crippen LogP contribution in [0.25, 0.3) is 10.9 Å². The lowest BCUT2D eigenvalue weighted by Crippen LogP contribution is -2.48. The van der Waals surface area contributed by atoms with Crippen molar-refractivity contribution in [2.24, 2.45) is 12.5 Å². The van der Waals surface area contributed by atoms with Gasteiger partial charge in [-0.1, -0.05) is 36.4 Å². The smallest absolute Gasteiger partial charge is 0.321 e. The molecule has 0 fully saturated rings. The Morgan fingerprint density at radius 1 is 1.14 bits per heavy atom. The number of ketones is 1. The van der Waals surface area contributed by atoms with Gasteiger partial charge in [0.05, 0.1) is 19.3 Å². The molecule has 182 valence electrons. The van der Waals surface area contributed by atoms with Gasteiger partial charge in [-0.2, -0.15) is 0 Å². The maximum Gasteiger partial charge on any atom is 0.321 e. The fourth-order valence-electron chi connectivity index (χ4n) is 4.88. The van der Waals surface area contributed by atoms with Crippen molar-refractivity contribution < 1.29 is 23.9 Å². The molecule has 0 saturated carbocycles. The Morgan fingerprint density at radius 2 is 1.86 bits per heavy atom. The Morgan fingerprint density at radius 3 is 2.51 bits per heavy atom. The molecule has 35 heavy (non-hydrogen) atoms. The van der Waals surface area contributed by atoms with E-state index in [9.17, 15) is 14.4 Å². The van der Waals surface area contributed by atoms with Crippen LogP contribution in [0.5, 0.6) is 5.75 Å². The Hall–Kier alpha value is -3.87. The van der Waals surface area contributed by atoms with Crippen molar-refractivity contribution in [3.05, 3.63) is 78.0 Å². The summed E-state index contributed by atoms with van der Waals surface area (Å²) in [6.45, 7) is 5.79. The van der Waals surface area contributed by atoms with Crippen LogP contribution in [0, 0.1) is 5.41 Å². The number of aromatic nitrogens is 1. The maximum atomic E-state index is 14.3. The molecular weight excluding hydrogens is 444 g/mol. The van der Waals surface area contributed by atoms with Gasteiger partial charge < -0.3 is 18.9 Å². The zero-order valence-electron chi connectivity index (χ0n) is 20.4. The van der Waals surface area contributed by atoms with Crippen molar-refractivity contribution in [1.29, 1.82) is 0 Å². The standard InChI is InChI=1S/C28H30N2O5/c1-5-7-16-28(27(33)35-6-2)18-30(17-19-12-14-20(34-4)15-13-19)26(32)24-23(25(28)31)21-10-8-9-11-22(21)29(24)3/h5,8-15H,1,6-7,16-18H2,2-4H3. The van der Waals surface area contributed by atoms with E-state index >= 15 is 0 Å². The second-order valence-electron chi connectivity index (χ2n) is 8.77. The molecule has 1 aliphatic rings. The summed E-state index contributed by atoms with van der Waals surface area (Å²) in [6, 6.07) is 14.8. The predicted molar refractivity (Wildman–Crippen MR) is 133 cm³/mol. The number of ether oxygens (including phenoxy) is 2. The number of esters is 1. The number of benzene rings is 2. The maximum absolute atomic E-state index is 14.3. The number of carbonyl (C=O) groups is 3. The van der Waals surface area contributed by atoms with Crippen LogP contribution in [-0.4, -0.2) is 47.4 Å². The van der Waals surface area contributed by atoms with Crippen LogP contribution in [0.2, 0.25) is 0 Å². The van der Waals surface area contributed by atoms with Crippen molar-refractivity contribution in [1.82, 2.24) is 9.47 Å². The first-order valence-electron chi connectivity index (χ1n) is 11.7. The number of hydrogen-bond donors (Lipinski definition) is 0. The lowest BCUT2D eigenvalue weighted by atomic mass is 9.76. The average Bonchev–Trinajstić information content (AvgIpc) is 3.13. The number of nitrogens with zero attached hydrogens (tertiary/aromatic N) is 2. The Balaban J connectivity index is 1.93. The zero-order chi connectivity index (χ0) is 25.2. The minimum absolute atomic E-state index is 0.0770. The van der Waals surface area contributed by atoms with E-state index in [-0.39, 0.29) is 49.1 Å². The summed E-state index contributed by atoms with van der Waals surface area (Å²) in [4.78, 5) is 43.4. The molecule has 2 aromatic carbocycles. The van der Waals surface area contributed by atoms with Crippen LogP contribution in [0.1, 0.15) is 46.2 Å². The van der Waals surface area contributed by atoms with E-state index in [4.69, 9.17) is 9.47 Å². The summed E-state index contributed by atoms with van der Waals surface area (Å²) in [5.41, 5.74) is 0.640. The molecule has 0 aliphatic carbocycles. The molecule has 0 saturated heterocycles. The number of aryl methyl sites for hydroxylation is 1. The second-order valence-corrected chi connectivity index (χ2v) is 8.77. The van der Waals surface area contributed by atoms with Gasteiger partial charge in [0.1, 0.15) is 16.9 Å². The lowest BCUT2D eigenvalue weighted by Gasteiger charge is -2.33. The molecule has 7 nitrogen and oxygen atoms in total. The van der Waals surface area contributed by atoms with Crippen molar-refractivity contribution >= 4 is 28.6 Å². The van der Waals surface area contributed by atoms with E-state index in [1.54, 1.807) is 36.6 Å². The molecule has 3 aromatic rings. The highest BCUT2D eigenvalue weighted by molar-refractivity contribution is 6.24. The van der Waals surface area contributed by atoms with Crippen LogP contribution in [-0.2, 0) is 23.1 Å². The van der Waals surface area contributed by atoms with Gasteiger partial charge in [0.15, 0.2) is 5.78 Å². The minimum atomic E-state index is -1.54. The Bertz CT molecular complexity index is 1290. The van der Waals surface area contributed by atoms with Crippen molar-refractivity contribution in [3.63, 3.8) is 0 Å². The molecule has 0 bridgehead atoms. The fraction of sp³-hybridized carbons (Fsp3) is 0.321. The first kappa shape index (κ1) is 24.3. The van der Waals surface area contributed by atoms with Crippen LogP contribution in [0.3, 0.4) is 0 Å². The summed E-state index contributed by atoms with van der Waals surface area (Å²) in [5.74, 6) is -0.586. The van der Waals surface area contributed by atoms with Gasteiger partial charge in [-0.05, 0) is 43.5 Å². The van der Waals surface area contributed by atoms with Crippen LogP contribution < -0.4 is 4.74 Å². The van der Waals surface area contributed by atoms with Gasteiger partial charge in [0.2, 0.25) is 0 Å². The number of methoxy groups -OCH3 is 1. The van der Waals surface area contributed by atoms with Crippen LogP contribution in [0.4, 0.5) is 0 Å². The molecule has 0 radical (unpaired) electrons. The molecule has 2 heterocycles. The third-order valence-electron chi connectivity index (χ3n) is 6.69. The van der Waals surface area contributed by atoms with Gasteiger partial charge >= 0.3 is 5.97 Å². The van der Waals surface area contributed by atoms with Gasteiger partial charge in [-0.25, -0.2) is 0 Å². The van der Waals surface area contributed by atoms with E-state index in [1.807, 2.05) is 48.5 Å². The monoisotopic (exact) mass is 474 g/mol. The highest BCUT2D eigenvalue weighted by atomic mass is 16.5. The van der Waals surface area contributed by atoms with Crippen molar-refractivity contribution in [2.45, 2.75) is 26.3 Å². The average molecular weight is 475 g/mol. The first-order valence-corrected chi connectivity index (χ1v) is 11.7. The molecule has 1 atom stereocenters. The number of para-hydroxylation sites is 1. The third kappa shape index (κ3) is 4.11. The number of carbonyl (C=O) groups excluding carboxylic acids is 3. The molecule has 0 spiro atoms.